The fourth-order valence-corrected chi connectivity index (χ4v) is 6.33. The molecule has 2 fully saturated rings. The Bertz CT molecular complexity index is 1100. The van der Waals surface area contributed by atoms with E-state index in [0.29, 0.717) is 12.5 Å². The molecule has 0 aliphatic carbocycles. The largest absolute Gasteiger partial charge is 0.497 e. The first kappa shape index (κ1) is 22.2. The van der Waals surface area contributed by atoms with Crippen molar-refractivity contribution < 1.29 is 14.3 Å². The van der Waals surface area contributed by atoms with Crippen LogP contribution in [0.4, 0.5) is 0 Å². The number of methoxy groups -OCH3 is 2. The highest BCUT2D eigenvalue weighted by molar-refractivity contribution is 7.18. The van der Waals surface area contributed by atoms with Crippen molar-refractivity contribution in [3.05, 3.63) is 53.0 Å². The summed E-state index contributed by atoms with van der Waals surface area (Å²) in [4.78, 5) is 22.7. The molecule has 2 aliphatic rings. The molecule has 7 heteroatoms. The van der Waals surface area contributed by atoms with E-state index in [4.69, 9.17) is 14.5 Å². The third kappa shape index (κ3) is 4.57. The number of hydrogen-bond donors (Lipinski definition) is 0. The summed E-state index contributed by atoms with van der Waals surface area (Å²) >= 11 is 1.80. The number of hydrogen-bond acceptors (Lipinski definition) is 6. The van der Waals surface area contributed by atoms with Crippen molar-refractivity contribution in [1.29, 1.82) is 0 Å². The average Bonchev–Trinajstić information content (AvgIpc) is 3.51. The lowest BCUT2D eigenvalue weighted by Gasteiger charge is -2.34. The number of rotatable bonds is 6. The van der Waals surface area contributed by atoms with Crippen molar-refractivity contribution in [1.82, 2.24) is 14.8 Å². The van der Waals surface area contributed by atoms with Gasteiger partial charge in [-0.1, -0.05) is 12.1 Å². The number of thiazole rings is 1. The minimum atomic E-state index is 0.0346. The van der Waals surface area contributed by atoms with Crippen molar-refractivity contribution in [2.75, 3.05) is 40.4 Å². The van der Waals surface area contributed by atoms with Crippen LogP contribution in [0.5, 0.6) is 11.5 Å². The second kappa shape index (κ2) is 9.69. The van der Waals surface area contributed by atoms with E-state index >= 15 is 0 Å². The first-order chi connectivity index (χ1) is 16.2. The van der Waals surface area contributed by atoms with E-state index in [-0.39, 0.29) is 11.9 Å². The molecule has 33 heavy (non-hydrogen) atoms. The second-order valence-electron chi connectivity index (χ2n) is 8.95. The topological polar surface area (TPSA) is 54.9 Å². The van der Waals surface area contributed by atoms with Gasteiger partial charge in [-0.2, -0.15) is 0 Å². The Hall–Kier alpha value is -2.64. The van der Waals surface area contributed by atoms with Crippen molar-refractivity contribution >= 4 is 27.5 Å². The Morgan fingerprint density at radius 1 is 1.09 bits per heavy atom. The highest BCUT2D eigenvalue weighted by Crippen LogP contribution is 2.39. The molecule has 0 spiro atoms. The van der Waals surface area contributed by atoms with Gasteiger partial charge in [0.2, 0.25) is 5.91 Å². The maximum Gasteiger partial charge on any atom is 0.237 e. The molecule has 5 rings (SSSR count). The van der Waals surface area contributed by atoms with Gasteiger partial charge in [0, 0.05) is 24.6 Å². The lowest BCUT2D eigenvalue weighted by Crippen LogP contribution is -2.43. The van der Waals surface area contributed by atoms with Crippen LogP contribution < -0.4 is 9.47 Å². The molecule has 0 bridgehead atoms. The number of piperidine rings is 1. The number of carbonyl (C=O) groups excluding carboxylic acids is 1. The summed E-state index contributed by atoms with van der Waals surface area (Å²) in [6.07, 6.45) is 4.19. The molecule has 3 heterocycles. The number of likely N-dealkylation sites (tertiary alicyclic amines) is 2. The monoisotopic (exact) mass is 465 g/mol. The third-order valence-corrected chi connectivity index (χ3v) is 8.09. The van der Waals surface area contributed by atoms with Gasteiger partial charge in [-0.25, -0.2) is 4.98 Å². The maximum atomic E-state index is 13.4. The van der Waals surface area contributed by atoms with Crippen LogP contribution >= 0.6 is 11.3 Å². The predicted molar refractivity (Wildman–Crippen MR) is 131 cm³/mol. The summed E-state index contributed by atoms with van der Waals surface area (Å²) in [5.41, 5.74) is 2.12. The van der Waals surface area contributed by atoms with Crippen LogP contribution in [0.3, 0.4) is 0 Å². The van der Waals surface area contributed by atoms with Gasteiger partial charge in [-0.05, 0) is 62.6 Å². The predicted octanol–water partition coefficient (Wildman–Crippen LogP) is 4.86. The standard InChI is InChI=1S/C26H31N3O3S/c1-31-19-11-12-23(32-2)20(15-19)22-9-6-14-29(22)25(30)17-28-13-5-7-18(16-28)26-27-21-8-3-4-10-24(21)33-26/h3-4,8,10-12,15,18,22H,5-7,9,13-14,16-17H2,1-2H3/t18-,22+/m1/s1. The molecule has 1 amide bonds. The van der Waals surface area contributed by atoms with Gasteiger partial charge >= 0.3 is 0 Å². The molecule has 6 nitrogen and oxygen atoms in total. The van der Waals surface area contributed by atoms with Gasteiger partial charge in [0.25, 0.3) is 0 Å². The average molecular weight is 466 g/mol. The van der Waals surface area contributed by atoms with Gasteiger partial charge in [0.15, 0.2) is 0 Å². The Morgan fingerprint density at radius 2 is 1.94 bits per heavy atom. The number of benzene rings is 2. The smallest absolute Gasteiger partial charge is 0.237 e. The number of aromatic nitrogens is 1. The fraction of sp³-hybridized carbons (Fsp3) is 0.462. The maximum absolute atomic E-state index is 13.4. The van der Waals surface area contributed by atoms with E-state index in [1.165, 1.54) is 9.71 Å². The van der Waals surface area contributed by atoms with Crippen LogP contribution in [-0.4, -0.2) is 61.1 Å². The van der Waals surface area contributed by atoms with Gasteiger partial charge < -0.3 is 14.4 Å². The summed E-state index contributed by atoms with van der Waals surface area (Å²) in [7, 11) is 3.35. The molecule has 0 N–H and O–H groups in total. The molecule has 2 aliphatic heterocycles. The zero-order valence-corrected chi connectivity index (χ0v) is 20.1. The molecule has 0 radical (unpaired) electrons. The van der Waals surface area contributed by atoms with Gasteiger partial charge in [0.1, 0.15) is 11.5 Å². The van der Waals surface area contributed by atoms with Crippen LogP contribution in [0.1, 0.15) is 48.2 Å². The first-order valence-corrected chi connectivity index (χ1v) is 12.6. The van der Waals surface area contributed by atoms with Crippen LogP contribution in [0.2, 0.25) is 0 Å². The zero-order valence-electron chi connectivity index (χ0n) is 19.3. The summed E-state index contributed by atoms with van der Waals surface area (Å²) < 4.78 is 12.3. The number of fused-ring (bicyclic) bond motifs is 1. The van der Waals surface area contributed by atoms with E-state index in [0.717, 1.165) is 67.9 Å². The van der Waals surface area contributed by atoms with Crippen LogP contribution in [-0.2, 0) is 4.79 Å². The zero-order chi connectivity index (χ0) is 22.8. The quantitative estimate of drug-likeness (QED) is 0.521. The van der Waals surface area contributed by atoms with Crippen molar-refractivity contribution in [3.8, 4) is 11.5 Å². The number of para-hydroxylation sites is 1. The SMILES string of the molecule is COc1ccc(OC)c([C@@H]2CCCN2C(=O)CN2CCC[C@@H](c3nc4ccccc4s3)C2)c1. The summed E-state index contributed by atoms with van der Waals surface area (Å²) in [5, 5.41) is 1.20. The molecular weight excluding hydrogens is 434 g/mol. The lowest BCUT2D eigenvalue weighted by molar-refractivity contribution is -0.133. The Labute approximate surface area is 199 Å². The minimum Gasteiger partial charge on any atom is -0.497 e. The number of carbonyl (C=O) groups is 1. The highest BCUT2D eigenvalue weighted by Gasteiger charge is 2.34. The van der Waals surface area contributed by atoms with E-state index < -0.39 is 0 Å². The first-order valence-electron chi connectivity index (χ1n) is 11.8. The van der Waals surface area contributed by atoms with Crippen molar-refractivity contribution in [2.45, 2.75) is 37.6 Å². The molecule has 2 saturated heterocycles. The van der Waals surface area contributed by atoms with E-state index in [2.05, 4.69) is 23.1 Å². The number of ether oxygens (including phenoxy) is 2. The minimum absolute atomic E-state index is 0.0346. The number of nitrogens with zero attached hydrogens (tertiary/aromatic N) is 3. The molecule has 174 valence electrons. The summed E-state index contributed by atoms with van der Waals surface area (Å²) in [5.74, 6) is 2.21. The Morgan fingerprint density at radius 3 is 2.76 bits per heavy atom. The lowest BCUT2D eigenvalue weighted by atomic mass is 9.98. The molecular formula is C26H31N3O3S. The summed E-state index contributed by atoms with van der Waals surface area (Å²) in [6, 6.07) is 14.2. The number of amides is 1. The molecule has 0 saturated carbocycles. The molecule has 1 aromatic heterocycles. The van der Waals surface area contributed by atoms with Crippen molar-refractivity contribution in [3.63, 3.8) is 0 Å². The molecule has 0 unspecified atom stereocenters. The van der Waals surface area contributed by atoms with Crippen LogP contribution in [0.25, 0.3) is 10.2 Å². The van der Waals surface area contributed by atoms with E-state index in [9.17, 15) is 4.79 Å². The van der Waals surface area contributed by atoms with Gasteiger partial charge in [0.05, 0.1) is 42.0 Å². The Balaban J connectivity index is 1.28. The van der Waals surface area contributed by atoms with Gasteiger partial charge in [-0.3, -0.25) is 9.69 Å². The summed E-state index contributed by atoms with van der Waals surface area (Å²) in [6.45, 7) is 3.11. The second-order valence-corrected chi connectivity index (χ2v) is 10.0. The van der Waals surface area contributed by atoms with Crippen molar-refractivity contribution in [2.24, 2.45) is 0 Å². The molecule has 2 atom stereocenters. The van der Waals surface area contributed by atoms with Crippen LogP contribution in [0, 0.1) is 0 Å². The van der Waals surface area contributed by atoms with E-state index in [1.54, 1.807) is 25.6 Å². The molecule has 3 aromatic rings. The Kier molecular flexibility index (Phi) is 6.51. The van der Waals surface area contributed by atoms with E-state index in [1.807, 2.05) is 29.2 Å². The normalized spacial score (nSPS) is 21.5. The van der Waals surface area contributed by atoms with Gasteiger partial charge in [-0.15, -0.1) is 11.3 Å². The fourth-order valence-electron chi connectivity index (χ4n) is 5.24. The highest BCUT2D eigenvalue weighted by atomic mass is 32.1. The third-order valence-electron chi connectivity index (χ3n) is 6.89. The van der Waals surface area contributed by atoms with Crippen LogP contribution in [0.15, 0.2) is 42.5 Å². The molecule has 2 aromatic carbocycles.